The van der Waals surface area contributed by atoms with E-state index in [-0.39, 0.29) is 4.90 Å². The summed E-state index contributed by atoms with van der Waals surface area (Å²) in [5.41, 5.74) is 4.54. The van der Waals surface area contributed by atoms with Crippen molar-refractivity contribution in [3.8, 4) is 22.3 Å². The van der Waals surface area contributed by atoms with Crippen LogP contribution in [0.2, 0.25) is 0 Å². The molecule has 0 amide bonds. The van der Waals surface area contributed by atoms with Crippen molar-refractivity contribution in [1.82, 2.24) is 15.0 Å². The molecular weight excluding hydrogens is 336 g/mol. The van der Waals surface area contributed by atoms with Gasteiger partial charge in [0.15, 0.2) is 0 Å². The minimum Gasteiger partial charge on any atom is -0.346 e. The molecule has 0 aliphatic carbocycles. The molecule has 4 aromatic rings. The minimum absolute atomic E-state index is 0.0861. The summed E-state index contributed by atoms with van der Waals surface area (Å²) in [4.78, 5) is 11.9. The van der Waals surface area contributed by atoms with E-state index >= 15 is 0 Å². The highest BCUT2D eigenvalue weighted by atomic mass is 32.2. The summed E-state index contributed by atoms with van der Waals surface area (Å²) in [6.45, 7) is 0. The highest BCUT2D eigenvalue weighted by molar-refractivity contribution is 7.89. The number of rotatable bonds is 3. The highest BCUT2D eigenvalue weighted by Gasteiger charge is 2.11. The molecule has 4 rings (SSSR count). The molecule has 0 saturated heterocycles. The van der Waals surface area contributed by atoms with Gasteiger partial charge in [-0.1, -0.05) is 18.2 Å². The minimum atomic E-state index is -3.70. The van der Waals surface area contributed by atoms with Gasteiger partial charge in [-0.15, -0.1) is 0 Å². The van der Waals surface area contributed by atoms with Gasteiger partial charge in [-0.25, -0.2) is 18.5 Å². The largest absolute Gasteiger partial charge is 0.346 e. The van der Waals surface area contributed by atoms with Crippen LogP contribution in [-0.4, -0.2) is 23.4 Å². The number of benzene rings is 1. The fraction of sp³-hybridized carbons (Fsp3) is 0. The summed E-state index contributed by atoms with van der Waals surface area (Å²) in [7, 11) is -3.70. The molecule has 0 fully saturated rings. The maximum Gasteiger partial charge on any atom is 0.238 e. The molecule has 0 aliphatic heterocycles. The van der Waals surface area contributed by atoms with Gasteiger partial charge in [-0.2, -0.15) is 0 Å². The van der Waals surface area contributed by atoms with Gasteiger partial charge in [0, 0.05) is 46.9 Å². The topological polar surface area (TPSA) is 102 Å². The smallest absolute Gasteiger partial charge is 0.238 e. The van der Waals surface area contributed by atoms with E-state index in [1.807, 2.05) is 24.4 Å². The number of pyridine rings is 2. The van der Waals surface area contributed by atoms with Crippen molar-refractivity contribution in [1.29, 1.82) is 0 Å². The van der Waals surface area contributed by atoms with Gasteiger partial charge in [0.2, 0.25) is 10.0 Å². The first kappa shape index (κ1) is 15.5. The number of fused-ring (bicyclic) bond motifs is 1. The van der Waals surface area contributed by atoms with E-state index in [4.69, 9.17) is 5.14 Å². The summed E-state index contributed by atoms with van der Waals surface area (Å²) >= 11 is 0. The number of nitrogens with two attached hydrogens (primary N) is 1. The highest BCUT2D eigenvalue weighted by Crippen LogP contribution is 2.30. The lowest BCUT2D eigenvalue weighted by Crippen LogP contribution is -2.11. The molecule has 1 aromatic carbocycles. The zero-order valence-corrected chi connectivity index (χ0v) is 13.9. The van der Waals surface area contributed by atoms with Crippen LogP contribution in [0.4, 0.5) is 0 Å². The van der Waals surface area contributed by atoms with Crippen LogP contribution in [0.25, 0.3) is 33.3 Å². The standard InChI is InChI=1S/C18H14N4O2S/c19-25(23,24)15-5-3-12(4-6-15)14-8-16-17(11-22-18(16)21-10-14)13-2-1-7-20-9-13/h1-11H,(H,21,22)(H2,19,23,24). The fourth-order valence-corrected chi connectivity index (χ4v) is 3.27. The van der Waals surface area contributed by atoms with E-state index in [0.29, 0.717) is 0 Å². The van der Waals surface area contributed by atoms with E-state index in [1.165, 1.54) is 12.1 Å². The average molecular weight is 350 g/mol. The van der Waals surface area contributed by atoms with Crippen molar-refractivity contribution in [2.24, 2.45) is 5.14 Å². The van der Waals surface area contributed by atoms with Crippen molar-refractivity contribution >= 4 is 21.1 Å². The van der Waals surface area contributed by atoms with Crippen LogP contribution in [0.15, 0.2) is 72.1 Å². The monoisotopic (exact) mass is 350 g/mol. The molecular formula is C18H14N4O2S. The van der Waals surface area contributed by atoms with E-state index in [9.17, 15) is 8.42 Å². The summed E-state index contributed by atoms with van der Waals surface area (Å²) in [6.07, 6.45) is 7.19. The predicted molar refractivity (Wildman–Crippen MR) is 96.1 cm³/mol. The normalized spacial score (nSPS) is 11.7. The molecule has 0 bridgehead atoms. The van der Waals surface area contributed by atoms with E-state index in [2.05, 4.69) is 15.0 Å². The van der Waals surface area contributed by atoms with E-state index in [0.717, 1.165) is 33.3 Å². The van der Waals surface area contributed by atoms with Gasteiger partial charge in [0.1, 0.15) is 5.65 Å². The molecule has 3 aromatic heterocycles. The number of H-pyrrole nitrogens is 1. The SMILES string of the molecule is NS(=O)(=O)c1ccc(-c2cnc3[nH]cc(-c4cccnc4)c3c2)cc1. The number of hydrogen-bond acceptors (Lipinski definition) is 4. The molecule has 6 nitrogen and oxygen atoms in total. The number of sulfonamides is 1. The molecule has 3 heterocycles. The number of aromatic nitrogens is 3. The Hall–Kier alpha value is -3.03. The average Bonchev–Trinajstić information content (AvgIpc) is 3.05. The summed E-state index contributed by atoms with van der Waals surface area (Å²) in [5, 5.41) is 6.11. The Bertz CT molecular complexity index is 1150. The maximum absolute atomic E-state index is 11.4. The van der Waals surface area contributed by atoms with Crippen LogP contribution >= 0.6 is 0 Å². The first-order valence-corrected chi connectivity index (χ1v) is 9.08. The number of hydrogen-bond donors (Lipinski definition) is 2. The number of aromatic amines is 1. The third-order valence-corrected chi connectivity index (χ3v) is 4.95. The molecule has 3 N–H and O–H groups in total. The Morgan fingerprint density at radius 2 is 1.76 bits per heavy atom. The Kier molecular flexibility index (Phi) is 3.60. The van der Waals surface area contributed by atoms with Crippen molar-refractivity contribution in [2.45, 2.75) is 4.90 Å². The van der Waals surface area contributed by atoms with Crippen molar-refractivity contribution in [2.75, 3.05) is 0 Å². The Balaban J connectivity index is 1.81. The zero-order valence-electron chi connectivity index (χ0n) is 13.0. The molecule has 25 heavy (non-hydrogen) atoms. The third kappa shape index (κ3) is 2.90. The van der Waals surface area contributed by atoms with E-state index < -0.39 is 10.0 Å². The van der Waals surface area contributed by atoms with Crippen LogP contribution < -0.4 is 5.14 Å². The molecule has 7 heteroatoms. The third-order valence-electron chi connectivity index (χ3n) is 4.02. The van der Waals surface area contributed by atoms with Crippen LogP contribution in [0.1, 0.15) is 0 Å². The molecule has 0 aliphatic rings. The molecule has 0 spiro atoms. The lowest BCUT2D eigenvalue weighted by molar-refractivity contribution is 0.598. The Morgan fingerprint density at radius 1 is 0.960 bits per heavy atom. The number of nitrogens with zero attached hydrogens (tertiary/aromatic N) is 2. The van der Waals surface area contributed by atoms with Gasteiger partial charge >= 0.3 is 0 Å². The number of nitrogens with one attached hydrogen (secondary N) is 1. The van der Waals surface area contributed by atoms with E-state index in [1.54, 1.807) is 30.7 Å². The van der Waals surface area contributed by atoms with Crippen molar-refractivity contribution in [3.63, 3.8) is 0 Å². The Morgan fingerprint density at radius 3 is 2.44 bits per heavy atom. The van der Waals surface area contributed by atoms with Gasteiger partial charge < -0.3 is 4.98 Å². The van der Waals surface area contributed by atoms with Gasteiger partial charge in [0.25, 0.3) is 0 Å². The van der Waals surface area contributed by atoms with Crippen LogP contribution in [0, 0.1) is 0 Å². The molecule has 0 unspecified atom stereocenters. The number of primary sulfonamides is 1. The fourth-order valence-electron chi connectivity index (χ4n) is 2.76. The lowest BCUT2D eigenvalue weighted by Gasteiger charge is -2.04. The Labute approximate surface area is 144 Å². The second-order valence-electron chi connectivity index (χ2n) is 5.63. The lowest BCUT2D eigenvalue weighted by atomic mass is 10.0. The second kappa shape index (κ2) is 5.80. The molecule has 0 saturated carbocycles. The predicted octanol–water partition coefficient (Wildman–Crippen LogP) is 2.94. The second-order valence-corrected chi connectivity index (χ2v) is 7.20. The maximum atomic E-state index is 11.4. The molecule has 0 radical (unpaired) electrons. The van der Waals surface area contributed by atoms with Crippen LogP contribution in [0.5, 0.6) is 0 Å². The van der Waals surface area contributed by atoms with Gasteiger partial charge in [0.05, 0.1) is 4.90 Å². The van der Waals surface area contributed by atoms with Crippen LogP contribution in [0.3, 0.4) is 0 Å². The van der Waals surface area contributed by atoms with Crippen LogP contribution in [-0.2, 0) is 10.0 Å². The van der Waals surface area contributed by atoms with Gasteiger partial charge in [-0.05, 0) is 29.8 Å². The van der Waals surface area contributed by atoms with Crippen molar-refractivity contribution < 1.29 is 8.42 Å². The molecule has 124 valence electrons. The first-order chi connectivity index (χ1) is 12.0. The molecule has 0 atom stereocenters. The summed E-state index contributed by atoms with van der Waals surface area (Å²) < 4.78 is 22.8. The zero-order chi connectivity index (χ0) is 17.4. The summed E-state index contributed by atoms with van der Waals surface area (Å²) in [5.74, 6) is 0. The summed E-state index contributed by atoms with van der Waals surface area (Å²) in [6, 6.07) is 12.3. The quantitative estimate of drug-likeness (QED) is 0.593. The van der Waals surface area contributed by atoms with Crippen molar-refractivity contribution in [3.05, 3.63) is 67.3 Å². The van der Waals surface area contributed by atoms with Gasteiger partial charge in [-0.3, -0.25) is 4.98 Å². The first-order valence-electron chi connectivity index (χ1n) is 7.53.